The Hall–Kier alpha value is -1.39. The van der Waals surface area contributed by atoms with Crippen LogP contribution < -0.4 is 5.32 Å². The van der Waals surface area contributed by atoms with Gasteiger partial charge in [0.05, 0.1) is 0 Å². The van der Waals surface area contributed by atoms with Gasteiger partial charge in [0.15, 0.2) is 0 Å². The number of imide groups is 2. The summed E-state index contributed by atoms with van der Waals surface area (Å²) in [6.07, 6.45) is 2.91. The van der Waals surface area contributed by atoms with E-state index < -0.39 is 17.4 Å². The summed E-state index contributed by atoms with van der Waals surface area (Å²) in [5, 5.41) is 2.28. The molecule has 2 rings (SSSR count). The summed E-state index contributed by atoms with van der Waals surface area (Å²) >= 11 is 0. The zero-order chi connectivity index (χ0) is 12.6. The summed E-state index contributed by atoms with van der Waals surface area (Å²) in [7, 11) is 0. The molecule has 2 aliphatic rings. The zero-order valence-corrected chi connectivity index (χ0v) is 10.3. The minimum Gasteiger partial charge on any atom is -0.277 e. The number of barbiturate groups is 1. The van der Waals surface area contributed by atoms with Crippen LogP contribution in [0.4, 0.5) is 4.79 Å². The molecule has 0 aromatic rings. The molecule has 1 spiro atoms. The van der Waals surface area contributed by atoms with Crippen molar-refractivity contribution in [2.24, 2.45) is 11.3 Å². The maximum Gasteiger partial charge on any atom is 0.330 e. The fraction of sp³-hybridized carbons (Fsp3) is 0.750. The Morgan fingerprint density at radius 3 is 2.47 bits per heavy atom. The van der Waals surface area contributed by atoms with Gasteiger partial charge in [0.2, 0.25) is 11.8 Å². The Balaban J connectivity index is 1.99. The summed E-state index contributed by atoms with van der Waals surface area (Å²) in [6, 6.07) is -0.554. The normalized spacial score (nSPS) is 22.3. The second-order valence-corrected chi connectivity index (χ2v) is 5.33. The molecule has 4 amide bonds. The molecule has 1 saturated heterocycles. The van der Waals surface area contributed by atoms with Crippen LogP contribution in [0.25, 0.3) is 0 Å². The highest BCUT2D eigenvalue weighted by Gasteiger charge is 2.61. The quantitative estimate of drug-likeness (QED) is 0.750. The van der Waals surface area contributed by atoms with E-state index in [0.717, 1.165) is 12.8 Å². The van der Waals surface area contributed by atoms with Crippen molar-refractivity contribution in [3.8, 4) is 0 Å². The highest BCUT2D eigenvalue weighted by molar-refractivity contribution is 6.20. The van der Waals surface area contributed by atoms with Crippen LogP contribution in [-0.4, -0.2) is 29.3 Å². The van der Waals surface area contributed by atoms with Gasteiger partial charge in [-0.25, -0.2) is 4.79 Å². The number of hydrogen-bond acceptors (Lipinski definition) is 3. The van der Waals surface area contributed by atoms with Crippen molar-refractivity contribution < 1.29 is 14.4 Å². The molecular formula is C12H18N2O3. The van der Waals surface area contributed by atoms with Crippen molar-refractivity contribution in [1.29, 1.82) is 0 Å². The minimum atomic E-state index is -0.897. The maximum atomic E-state index is 12.1. The number of nitrogens with one attached hydrogen (secondary N) is 1. The van der Waals surface area contributed by atoms with E-state index in [1.807, 2.05) is 0 Å². The lowest BCUT2D eigenvalue weighted by Crippen LogP contribution is -2.59. The average molecular weight is 238 g/mol. The van der Waals surface area contributed by atoms with Gasteiger partial charge in [-0.1, -0.05) is 13.8 Å². The highest BCUT2D eigenvalue weighted by Crippen LogP contribution is 2.48. The lowest BCUT2D eigenvalue weighted by Gasteiger charge is -2.30. The summed E-state index contributed by atoms with van der Waals surface area (Å²) in [5.74, 6) is -0.155. The number of rotatable bonds is 4. The molecule has 1 saturated carbocycles. The number of nitrogens with zero attached hydrogens (tertiary/aromatic N) is 1. The Morgan fingerprint density at radius 2 is 1.94 bits per heavy atom. The summed E-state index contributed by atoms with van der Waals surface area (Å²) in [6.45, 7) is 4.62. The third-order valence-electron chi connectivity index (χ3n) is 3.47. The SMILES string of the molecule is CC(C)CCCN1C(=O)NC(=O)C2(CC2)C1=O. The molecule has 0 atom stereocenters. The van der Waals surface area contributed by atoms with Gasteiger partial charge >= 0.3 is 6.03 Å². The van der Waals surface area contributed by atoms with Crippen LogP contribution in [-0.2, 0) is 9.59 Å². The van der Waals surface area contributed by atoms with Crippen LogP contribution in [0.15, 0.2) is 0 Å². The molecular weight excluding hydrogens is 220 g/mol. The molecule has 0 unspecified atom stereocenters. The molecule has 0 bridgehead atoms. The number of hydrogen-bond donors (Lipinski definition) is 1. The third-order valence-corrected chi connectivity index (χ3v) is 3.47. The smallest absolute Gasteiger partial charge is 0.277 e. The standard InChI is InChI=1S/C12H18N2O3/c1-8(2)4-3-7-14-10(16)12(5-6-12)9(15)13-11(14)17/h8H,3-7H2,1-2H3,(H,13,15,17). The van der Waals surface area contributed by atoms with E-state index >= 15 is 0 Å². The van der Waals surface area contributed by atoms with E-state index in [9.17, 15) is 14.4 Å². The van der Waals surface area contributed by atoms with Crippen LogP contribution >= 0.6 is 0 Å². The molecule has 0 aromatic carbocycles. The summed E-state index contributed by atoms with van der Waals surface area (Å²) < 4.78 is 0. The van der Waals surface area contributed by atoms with Gasteiger partial charge in [0.25, 0.3) is 0 Å². The van der Waals surface area contributed by atoms with E-state index in [1.165, 1.54) is 4.90 Å². The Kier molecular flexibility index (Phi) is 2.93. The molecule has 17 heavy (non-hydrogen) atoms. The van der Waals surface area contributed by atoms with E-state index in [-0.39, 0.29) is 5.91 Å². The molecule has 5 heteroatoms. The minimum absolute atomic E-state index is 0.296. The van der Waals surface area contributed by atoms with E-state index in [2.05, 4.69) is 19.2 Å². The predicted molar refractivity (Wildman–Crippen MR) is 61.0 cm³/mol. The molecule has 2 fully saturated rings. The van der Waals surface area contributed by atoms with E-state index in [0.29, 0.717) is 25.3 Å². The predicted octanol–water partition coefficient (Wildman–Crippen LogP) is 1.28. The van der Waals surface area contributed by atoms with Crippen LogP contribution in [0.3, 0.4) is 0 Å². The first-order chi connectivity index (χ1) is 7.97. The largest absolute Gasteiger partial charge is 0.330 e. The van der Waals surface area contributed by atoms with Crippen molar-refractivity contribution in [3.63, 3.8) is 0 Å². The maximum absolute atomic E-state index is 12.1. The van der Waals surface area contributed by atoms with Crippen molar-refractivity contribution in [2.75, 3.05) is 6.54 Å². The molecule has 0 aromatic heterocycles. The van der Waals surface area contributed by atoms with E-state index in [1.54, 1.807) is 0 Å². The number of carbonyl (C=O) groups is 3. The fourth-order valence-electron chi connectivity index (χ4n) is 2.16. The second-order valence-electron chi connectivity index (χ2n) is 5.33. The topological polar surface area (TPSA) is 66.5 Å². The van der Waals surface area contributed by atoms with Gasteiger partial charge < -0.3 is 0 Å². The Morgan fingerprint density at radius 1 is 1.29 bits per heavy atom. The van der Waals surface area contributed by atoms with Crippen molar-refractivity contribution in [1.82, 2.24) is 10.2 Å². The summed E-state index contributed by atoms with van der Waals surface area (Å²) in [5.41, 5.74) is -0.897. The summed E-state index contributed by atoms with van der Waals surface area (Å²) in [4.78, 5) is 36.4. The van der Waals surface area contributed by atoms with Gasteiger partial charge in [-0.3, -0.25) is 19.8 Å². The Bertz CT molecular complexity index is 372. The first-order valence-corrected chi connectivity index (χ1v) is 6.15. The first-order valence-electron chi connectivity index (χ1n) is 6.15. The van der Waals surface area contributed by atoms with Crippen molar-refractivity contribution in [2.45, 2.75) is 39.5 Å². The van der Waals surface area contributed by atoms with Gasteiger partial charge in [-0.2, -0.15) is 0 Å². The van der Waals surface area contributed by atoms with Gasteiger partial charge in [0.1, 0.15) is 5.41 Å². The molecule has 1 aliphatic carbocycles. The fourth-order valence-corrected chi connectivity index (χ4v) is 2.16. The molecule has 0 radical (unpaired) electrons. The number of carbonyl (C=O) groups excluding carboxylic acids is 3. The first kappa shape index (κ1) is 12.1. The lowest BCUT2D eigenvalue weighted by molar-refractivity contribution is -0.144. The van der Waals surface area contributed by atoms with Crippen LogP contribution in [0.5, 0.6) is 0 Å². The second kappa shape index (κ2) is 4.13. The molecule has 1 aliphatic heterocycles. The van der Waals surface area contributed by atoms with Crippen LogP contribution in [0.1, 0.15) is 39.5 Å². The average Bonchev–Trinajstić information content (AvgIpc) is 3.02. The zero-order valence-electron chi connectivity index (χ0n) is 10.3. The van der Waals surface area contributed by atoms with Crippen molar-refractivity contribution in [3.05, 3.63) is 0 Å². The van der Waals surface area contributed by atoms with Gasteiger partial charge in [0, 0.05) is 6.54 Å². The molecule has 94 valence electrons. The molecule has 1 heterocycles. The van der Waals surface area contributed by atoms with Gasteiger partial charge in [-0.15, -0.1) is 0 Å². The van der Waals surface area contributed by atoms with Crippen LogP contribution in [0, 0.1) is 11.3 Å². The number of urea groups is 1. The third kappa shape index (κ3) is 2.06. The molecule has 1 N–H and O–H groups in total. The van der Waals surface area contributed by atoms with Crippen molar-refractivity contribution >= 4 is 17.8 Å². The van der Waals surface area contributed by atoms with Crippen LogP contribution in [0.2, 0.25) is 0 Å². The van der Waals surface area contributed by atoms with Gasteiger partial charge in [-0.05, 0) is 31.6 Å². The van der Waals surface area contributed by atoms with E-state index in [4.69, 9.17) is 0 Å². The lowest BCUT2D eigenvalue weighted by atomic mass is 10.0. The Labute approximate surface area is 101 Å². The number of amides is 4. The highest BCUT2D eigenvalue weighted by atomic mass is 16.2. The molecule has 5 nitrogen and oxygen atoms in total. The monoisotopic (exact) mass is 238 g/mol.